The van der Waals surface area contributed by atoms with Gasteiger partial charge in [-0.25, -0.2) is 0 Å². The predicted octanol–water partition coefficient (Wildman–Crippen LogP) is 7.22. The van der Waals surface area contributed by atoms with Crippen LogP contribution in [0.25, 0.3) is 10.9 Å². The van der Waals surface area contributed by atoms with Crippen LogP contribution in [-0.2, 0) is 0 Å². The van der Waals surface area contributed by atoms with Gasteiger partial charge in [0.1, 0.15) is 5.84 Å². The molecule has 1 aromatic heterocycles. The zero-order valence-corrected chi connectivity index (χ0v) is 18.6. The molecule has 0 atom stereocenters. The predicted molar refractivity (Wildman–Crippen MR) is 125 cm³/mol. The summed E-state index contributed by atoms with van der Waals surface area (Å²) in [5.74, 6) is 0.666. The Hall–Kier alpha value is -1.61. The van der Waals surface area contributed by atoms with Gasteiger partial charge >= 0.3 is 0 Å². The van der Waals surface area contributed by atoms with Gasteiger partial charge in [0.2, 0.25) is 0 Å². The first-order chi connectivity index (χ1) is 13.3. The average molecular weight is 404 g/mol. The molecule has 0 fully saturated rings. The van der Waals surface area contributed by atoms with Crippen LogP contribution in [0.5, 0.6) is 0 Å². The number of amidine groups is 1. The number of pyridine rings is 1. The molecule has 0 radical (unpaired) electrons. The van der Waals surface area contributed by atoms with Gasteiger partial charge < -0.3 is 4.90 Å². The van der Waals surface area contributed by atoms with Crippen molar-refractivity contribution in [3.63, 3.8) is 0 Å². The first-order valence-corrected chi connectivity index (χ1v) is 11.0. The third-order valence-corrected chi connectivity index (χ3v) is 5.28. The van der Waals surface area contributed by atoms with Crippen molar-refractivity contribution >= 4 is 29.1 Å². The molecule has 3 nitrogen and oxygen atoms in total. The van der Waals surface area contributed by atoms with Gasteiger partial charge in [-0.15, -0.1) is 12.4 Å². The van der Waals surface area contributed by atoms with E-state index in [0.29, 0.717) is 5.84 Å². The van der Waals surface area contributed by atoms with E-state index in [4.69, 9.17) is 5.41 Å². The minimum absolute atomic E-state index is 0. The largest absolute Gasteiger partial charge is 0.357 e. The summed E-state index contributed by atoms with van der Waals surface area (Å²) in [7, 11) is 0. The van der Waals surface area contributed by atoms with Gasteiger partial charge in [-0.3, -0.25) is 10.4 Å². The second-order valence-electron chi connectivity index (χ2n) is 7.54. The molecule has 0 saturated heterocycles. The third-order valence-electron chi connectivity index (χ3n) is 5.28. The van der Waals surface area contributed by atoms with Gasteiger partial charge in [-0.2, -0.15) is 0 Å². The summed E-state index contributed by atoms with van der Waals surface area (Å²) in [5.41, 5.74) is 1.99. The molecule has 0 unspecified atom stereocenters. The van der Waals surface area contributed by atoms with Crippen molar-refractivity contribution in [2.45, 2.75) is 78.1 Å². The van der Waals surface area contributed by atoms with Crippen LogP contribution in [0.1, 0.15) is 83.6 Å². The van der Waals surface area contributed by atoms with Gasteiger partial charge in [0.15, 0.2) is 0 Å². The Kier molecular flexibility index (Phi) is 12.6. The highest BCUT2D eigenvalue weighted by atomic mass is 35.5. The molecule has 0 spiro atoms. The fraction of sp³-hybridized carbons (Fsp3) is 0.583. The van der Waals surface area contributed by atoms with Crippen molar-refractivity contribution in [2.24, 2.45) is 0 Å². The van der Waals surface area contributed by atoms with Gasteiger partial charge in [0.25, 0.3) is 0 Å². The fourth-order valence-electron chi connectivity index (χ4n) is 3.62. The number of aromatic nitrogens is 1. The zero-order chi connectivity index (χ0) is 19.3. The van der Waals surface area contributed by atoms with Gasteiger partial charge in [0, 0.05) is 30.2 Å². The van der Waals surface area contributed by atoms with Crippen molar-refractivity contribution in [3.8, 4) is 0 Å². The number of unbranched alkanes of at least 4 members (excludes halogenated alkanes) is 8. The number of fused-ring (bicyclic) bond motifs is 1. The minimum atomic E-state index is 0. The first kappa shape index (κ1) is 24.4. The molecule has 0 aliphatic carbocycles. The van der Waals surface area contributed by atoms with E-state index in [2.05, 4.69) is 29.8 Å². The standard InChI is InChI=1S/C24H37N3.ClH/c1-3-5-7-9-13-19-27(20-14-10-8-6-4-2)24(25)22-17-18-26-23-16-12-11-15-21(22)23;/h11-12,15-18,25H,3-10,13-14,19-20H2,1-2H3;1H. The number of hydrogen-bond donors (Lipinski definition) is 1. The topological polar surface area (TPSA) is 40.0 Å². The molecule has 0 aliphatic rings. The second kappa shape index (κ2) is 14.4. The molecule has 0 amide bonds. The number of nitrogens with zero attached hydrogens (tertiary/aromatic N) is 2. The maximum atomic E-state index is 8.90. The molecule has 0 saturated carbocycles. The van der Waals surface area contributed by atoms with Crippen molar-refractivity contribution in [2.75, 3.05) is 13.1 Å². The number of rotatable bonds is 13. The highest BCUT2D eigenvalue weighted by Gasteiger charge is 2.14. The van der Waals surface area contributed by atoms with E-state index in [9.17, 15) is 0 Å². The van der Waals surface area contributed by atoms with Crippen LogP contribution in [0.3, 0.4) is 0 Å². The quantitative estimate of drug-likeness (QED) is 0.218. The summed E-state index contributed by atoms with van der Waals surface area (Å²) < 4.78 is 0. The van der Waals surface area contributed by atoms with E-state index in [1.54, 1.807) is 0 Å². The molecule has 2 aromatic rings. The van der Waals surface area contributed by atoms with Crippen molar-refractivity contribution in [3.05, 3.63) is 42.1 Å². The summed E-state index contributed by atoms with van der Waals surface area (Å²) >= 11 is 0. The lowest BCUT2D eigenvalue weighted by atomic mass is 10.1. The van der Waals surface area contributed by atoms with Crippen LogP contribution in [0.4, 0.5) is 0 Å². The Morgan fingerprint density at radius 2 is 1.39 bits per heavy atom. The van der Waals surface area contributed by atoms with Crippen LogP contribution in [0.15, 0.2) is 36.5 Å². The van der Waals surface area contributed by atoms with Crippen molar-refractivity contribution in [1.82, 2.24) is 9.88 Å². The Morgan fingerprint density at radius 3 is 2.00 bits per heavy atom. The van der Waals surface area contributed by atoms with Gasteiger partial charge in [-0.05, 0) is 25.0 Å². The Balaban J connectivity index is 0.00000392. The molecule has 156 valence electrons. The maximum absolute atomic E-state index is 8.90. The second-order valence-corrected chi connectivity index (χ2v) is 7.54. The molecule has 1 aromatic carbocycles. The number of nitrogens with one attached hydrogen (secondary N) is 1. The lowest BCUT2D eigenvalue weighted by Crippen LogP contribution is -2.33. The molecule has 2 rings (SSSR count). The monoisotopic (exact) mass is 403 g/mol. The third kappa shape index (κ3) is 7.79. The highest BCUT2D eigenvalue weighted by molar-refractivity contribution is 6.07. The molecule has 1 heterocycles. The van der Waals surface area contributed by atoms with Crippen LogP contribution in [-0.4, -0.2) is 28.8 Å². The Bertz CT molecular complexity index is 667. The summed E-state index contributed by atoms with van der Waals surface area (Å²) in [6.45, 7) is 6.50. The van der Waals surface area contributed by atoms with E-state index in [1.807, 2.05) is 30.5 Å². The molecular formula is C24H38ClN3. The number of hydrogen-bond acceptors (Lipinski definition) is 2. The summed E-state index contributed by atoms with van der Waals surface area (Å²) in [6.07, 6.45) is 14.6. The maximum Gasteiger partial charge on any atom is 0.128 e. The van der Waals surface area contributed by atoms with Gasteiger partial charge in [0.05, 0.1) is 5.52 Å². The van der Waals surface area contributed by atoms with Gasteiger partial charge in [-0.1, -0.05) is 83.4 Å². The summed E-state index contributed by atoms with van der Waals surface area (Å²) in [6, 6.07) is 10.2. The summed E-state index contributed by atoms with van der Waals surface area (Å²) in [5, 5.41) is 9.99. The van der Waals surface area contributed by atoms with E-state index < -0.39 is 0 Å². The SMILES string of the molecule is CCCCCCCN(CCCCCCC)C(=N)c1ccnc2ccccc12.Cl. The van der Waals surface area contributed by atoms with E-state index >= 15 is 0 Å². The first-order valence-electron chi connectivity index (χ1n) is 11.0. The van der Waals surface area contributed by atoms with Crippen LogP contribution >= 0.6 is 12.4 Å². The number of halogens is 1. The van der Waals surface area contributed by atoms with E-state index in [0.717, 1.165) is 29.6 Å². The van der Waals surface area contributed by atoms with Crippen LogP contribution in [0, 0.1) is 5.41 Å². The minimum Gasteiger partial charge on any atom is -0.357 e. The zero-order valence-electron chi connectivity index (χ0n) is 17.8. The molecule has 0 bridgehead atoms. The van der Waals surface area contributed by atoms with Crippen molar-refractivity contribution < 1.29 is 0 Å². The molecule has 0 aliphatic heterocycles. The molecule has 28 heavy (non-hydrogen) atoms. The van der Waals surface area contributed by atoms with E-state index in [-0.39, 0.29) is 12.4 Å². The molecule has 4 heteroatoms. The number of benzene rings is 1. The lowest BCUT2D eigenvalue weighted by Gasteiger charge is -2.26. The smallest absolute Gasteiger partial charge is 0.128 e. The Morgan fingerprint density at radius 1 is 0.821 bits per heavy atom. The normalized spacial score (nSPS) is 10.6. The van der Waals surface area contributed by atoms with Crippen molar-refractivity contribution in [1.29, 1.82) is 5.41 Å². The highest BCUT2D eigenvalue weighted by Crippen LogP contribution is 2.19. The molecular weight excluding hydrogens is 366 g/mol. The fourth-order valence-corrected chi connectivity index (χ4v) is 3.62. The van der Waals surface area contributed by atoms with E-state index in [1.165, 1.54) is 64.2 Å². The molecule has 1 N–H and O–H groups in total. The number of para-hydroxylation sites is 1. The van der Waals surface area contributed by atoms with Crippen LogP contribution in [0.2, 0.25) is 0 Å². The Labute approximate surface area is 177 Å². The van der Waals surface area contributed by atoms with Crippen LogP contribution < -0.4 is 0 Å². The summed E-state index contributed by atoms with van der Waals surface area (Å²) in [4.78, 5) is 6.77. The average Bonchev–Trinajstić information content (AvgIpc) is 2.71. The lowest BCUT2D eigenvalue weighted by molar-refractivity contribution is 0.384.